The summed E-state index contributed by atoms with van der Waals surface area (Å²) in [6.07, 6.45) is -2.43. The third kappa shape index (κ3) is 2.71. The van der Waals surface area contributed by atoms with Crippen molar-refractivity contribution in [2.24, 2.45) is 0 Å². The lowest BCUT2D eigenvalue weighted by atomic mass is 9.83. The van der Waals surface area contributed by atoms with Gasteiger partial charge in [0.05, 0.1) is 5.56 Å². The van der Waals surface area contributed by atoms with E-state index >= 15 is 0 Å². The Morgan fingerprint density at radius 1 is 1.22 bits per heavy atom. The SMILES string of the molecule is O=C1CCCC(c2ccc(C(F)(F)F)c(F)c2)C1. The molecule has 0 spiro atoms. The van der Waals surface area contributed by atoms with Crippen LogP contribution in [0.5, 0.6) is 0 Å². The zero-order valence-electron chi connectivity index (χ0n) is 9.56. The summed E-state index contributed by atoms with van der Waals surface area (Å²) in [6, 6.07) is 2.94. The fourth-order valence-corrected chi connectivity index (χ4v) is 2.32. The van der Waals surface area contributed by atoms with E-state index in [1.165, 1.54) is 6.07 Å². The van der Waals surface area contributed by atoms with Crippen molar-refractivity contribution in [3.05, 3.63) is 35.1 Å². The van der Waals surface area contributed by atoms with E-state index in [4.69, 9.17) is 0 Å². The second-order valence-electron chi connectivity index (χ2n) is 4.57. The molecule has 0 radical (unpaired) electrons. The summed E-state index contributed by atoms with van der Waals surface area (Å²) in [4.78, 5) is 11.3. The van der Waals surface area contributed by atoms with Crippen LogP contribution < -0.4 is 0 Å². The number of ketones is 1. The normalized spacial score (nSPS) is 21.1. The first-order valence-electron chi connectivity index (χ1n) is 5.76. The van der Waals surface area contributed by atoms with Crippen LogP contribution in [-0.2, 0) is 11.0 Å². The fraction of sp³-hybridized carbons (Fsp3) is 0.462. The molecule has 1 aliphatic rings. The molecule has 1 aliphatic carbocycles. The van der Waals surface area contributed by atoms with Gasteiger partial charge in [0.2, 0.25) is 0 Å². The smallest absolute Gasteiger partial charge is 0.300 e. The Bertz CT molecular complexity index is 465. The molecular formula is C13H12F4O. The monoisotopic (exact) mass is 260 g/mol. The highest BCUT2D eigenvalue weighted by molar-refractivity contribution is 5.80. The summed E-state index contributed by atoms with van der Waals surface area (Å²) in [7, 11) is 0. The van der Waals surface area contributed by atoms with E-state index < -0.39 is 17.6 Å². The van der Waals surface area contributed by atoms with Gasteiger partial charge in [0.25, 0.3) is 0 Å². The average Bonchev–Trinajstić information content (AvgIpc) is 2.27. The summed E-state index contributed by atoms with van der Waals surface area (Å²) in [5.74, 6) is -1.33. The molecule has 0 N–H and O–H groups in total. The fourth-order valence-electron chi connectivity index (χ4n) is 2.32. The second kappa shape index (κ2) is 4.71. The molecule has 0 heterocycles. The summed E-state index contributed by atoms with van der Waals surface area (Å²) >= 11 is 0. The van der Waals surface area contributed by atoms with Gasteiger partial charge in [-0.1, -0.05) is 6.07 Å². The number of halogens is 4. The molecule has 1 aromatic rings. The topological polar surface area (TPSA) is 17.1 Å². The zero-order valence-corrected chi connectivity index (χ0v) is 9.56. The van der Waals surface area contributed by atoms with Crippen LogP contribution in [-0.4, -0.2) is 5.78 Å². The molecule has 5 heteroatoms. The van der Waals surface area contributed by atoms with Crippen LogP contribution in [0.2, 0.25) is 0 Å². The number of hydrogen-bond donors (Lipinski definition) is 0. The number of Topliss-reactive ketones (excluding diaryl/α,β-unsaturated/α-hetero) is 1. The maximum atomic E-state index is 13.4. The maximum absolute atomic E-state index is 13.4. The molecule has 0 saturated heterocycles. The van der Waals surface area contributed by atoms with Gasteiger partial charge in [0.15, 0.2) is 0 Å². The minimum atomic E-state index is -4.68. The molecule has 0 aromatic heterocycles. The molecule has 1 atom stereocenters. The number of hydrogen-bond acceptors (Lipinski definition) is 1. The highest BCUT2D eigenvalue weighted by atomic mass is 19.4. The van der Waals surface area contributed by atoms with E-state index in [2.05, 4.69) is 0 Å². The molecule has 1 fully saturated rings. The van der Waals surface area contributed by atoms with E-state index in [1.54, 1.807) is 0 Å². The first-order chi connectivity index (χ1) is 8.38. The van der Waals surface area contributed by atoms with Crippen molar-refractivity contribution in [1.29, 1.82) is 0 Å². The molecule has 0 bridgehead atoms. The largest absolute Gasteiger partial charge is 0.419 e. The van der Waals surface area contributed by atoms with Crippen molar-refractivity contribution in [3.63, 3.8) is 0 Å². The molecule has 98 valence electrons. The number of carbonyl (C=O) groups is 1. The molecule has 0 aliphatic heterocycles. The lowest BCUT2D eigenvalue weighted by molar-refractivity contribution is -0.140. The number of benzene rings is 1. The van der Waals surface area contributed by atoms with Crippen molar-refractivity contribution in [3.8, 4) is 0 Å². The van der Waals surface area contributed by atoms with Gasteiger partial charge in [-0.3, -0.25) is 4.79 Å². The number of rotatable bonds is 1. The van der Waals surface area contributed by atoms with Gasteiger partial charge in [-0.15, -0.1) is 0 Å². The molecule has 1 saturated carbocycles. The van der Waals surface area contributed by atoms with Crippen LogP contribution >= 0.6 is 0 Å². The molecule has 18 heavy (non-hydrogen) atoms. The van der Waals surface area contributed by atoms with E-state index in [1.807, 2.05) is 0 Å². The van der Waals surface area contributed by atoms with Gasteiger partial charge in [-0.05, 0) is 36.5 Å². The standard InChI is InChI=1S/C13H12F4O/c14-12-7-9(4-5-11(12)13(15,16)17)8-2-1-3-10(18)6-8/h4-5,7-8H,1-3,6H2. The minimum Gasteiger partial charge on any atom is -0.300 e. The molecule has 1 unspecified atom stereocenters. The van der Waals surface area contributed by atoms with Gasteiger partial charge < -0.3 is 0 Å². The Balaban J connectivity index is 2.26. The molecule has 1 aromatic carbocycles. The van der Waals surface area contributed by atoms with Crippen LogP contribution in [0.3, 0.4) is 0 Å². The summed E-state index contributed by atoms with van der Waals surface area (Å²) in [5.41, 5.74) is -0.776. The Kier molecular flexibility index (Phi) is 3.41. The van der Waals surface area contributed by atoms with Crippen LogP contribution in [0.1, 0.15) is 42.7 Å². The Hall–Kier alpha value is -1.39. The van der Waals surface area contributed by atoms with Crippen LogP contribution in [0.15, 0.2) is 18.2 Å². The Labute approximate surface area is 102 Å². The lowest BCUT2D eigenvalue weighted by Gasteiger charge is -2.21. The van der Waals surface area contributed by atoms with E-state index in [0.29, 0.717) is 24.8 Å². The Morgan fingerprint density at radius 2 is 1.94 bits per heavy atom. The first kappa shape index (κ1) is 13.1. The molecular weight excluding hydrogens is 248 g/mol. The van der Waals surface area contributed by atoms with Gasteiger partial charge in [0, 0.05) is 12.8 Å². The third-order valence-corrected chi connectivity index (χ3v) is 3.25. The minimum absolute atomic E-state index is 0.0894. The van der Waals surface area contributed by atoms with Crippen LogP contribution in [0, 0.1) is 5.82 Å². The highest BCUT2D eigenvalue weighted by Crippen LogP contribution is 2.35. The third-order valence-electron chi connectivity index (χ3n) is 3.25. The van der Waals surface area contributed by atoms with E-state index in [0.717, 1.165) is 18.6 Å². The first-order valence-corrected chi connectivity index (χ1v) is 5.76. The average molecular weight is 260 g/mol. The van der Waals surface area contributed by atoms with Crippen LogP contribution in [0.25, 0.3) is 0 Å². The molecule has 0 amide bonds. The Morgan fingerprint density at radius 3 is 2.50 bits per heavy atom. The zero-order chi connectivity index (χ0) is 13.3. The van der Waals surface area contributed by atoms with Gasteiger partial charge >= 0.3 is 6.18 Å². The van der Waals surface area contributed by atoms with E-state index in [9.17, 15) is 22.4 Å². The predicted molar refractivity (Wildman–Crippen MR) is 57.6 cm³/mol. The van der Waals surface area contributed by atoms with E-state index in [-0.39, 0.29) is 11.7 Å². The lowest BCUT2D eigenvalue weighted by Crippen LogP contribution is -2.14. The van der Waals surface area contributed by atoms with Crippen molar-refractivity contribution in [1.82, 2.24) is 0 Å². The van der Waals surface area contributed by atoms with Crippen molar-refractivity contribution in [2.45, 2.75) is 37.8 Å². The van der Waals surface area contributed by atoms with Gasteiger partial charge in [-0.2, -0.15) is 13.2 Å². The van der Waals surface area contributed by atoms with Crippen molar-refractivity contribution >= 4 is 5.78 Å². The summed E-state index contributed by atoms with van der Waals surface area (Å²) in [5, 5.41) is 0. The second-order valence-corrected chi connectivity index (χ2v) is 4.57. The summed E-state index contributed by atoms with van der Waals surface area (Å²) in [6.45, 7) is 0. The number of carbonyl (C=O) groups excluding carboxylic acids is 1. The quantitative estimate of drug-likeness (QED) is 0.695. The van der Waals surface area contributed by atoms with Gasteiger partial charge in [-0.25, -0.2) is 4.39 Å². The predicted octanol–water partition coefficient (Wildman–Crippen LogP) is 4.07. The van der Waals surface area contributed by atoms with Crippen molar-refractivity contribution in [2.75, 3.05) is 0 Å². The number of alkyl halides is 3. The summed E-state index contributed by atoms with van der Waals surface area (Å²) < 4.78 is 50.6. The van der Waals surface area contributed by atoms with Gasteiger partial charge in [0.1, 0.15) is 11.6 Å². The van der Waals surface area contributed by atoms with Crippen LogP contribution in [0.4, 0.5) is 17.6 Å². The molecule has 2 rings (SSSR count). The maximum Gasteiger partial charge on any atom is 0.419 e. The highest BCUT2D eigenvalue weighted by Gasteiger charge is 2.34. The van der Waals surface area contributed by atoms with Crippen molar-refractivity contribution < 1.29 is 22.4 Å². The molecule has 1 nitrogen and oxygen atoms in total.